The Balaban J connectivity index is 2.13. The highest BCUT2D eigenvalue weighted by atomic mass is 16.6. The Morgan fingerprint density at radius 1 is 1.65 bits per heavy atom. The summed E-state index contributed by atoms with van der Waals surface area (Å²) in [5.41, 5.74) is 0.169. The second kappa shape index (κ2) is 4.54. The molecule has 92 valence electrons. The lowest BCUT2D eigenvalue weighted by Crippen LogP contribution is -2.34. The zero-order chi connectivity index (χ0) is 12.4. The molecule has 2 rings (SSSR count). The molecule has 0 fully saturated rings. The molecule has 0 radical (unpaired) electrons. The zero-order valence-electron chi connectivity index (χ0n) is 9.34. The second-order valence-corrected chi connectivity index (χ2v) is 3.97. The van der Waals surface area contributed by atoms with E-state index in [9.17, 15) is 9.59 Å². The maximum absolute atomic E-state index is 11.5. The summed E-state index contributed by atoms with van der Waals surface area (Å²) < 4.78 is 1.37. The average molecular weight is 239 g/mol. The normalized spacial score (nSPS) is 18.9. The Hall–Kier alpha value is -1.89. The molecule has 0 spiro atoms. The van der Waals surface area contributed by atoms with Crippen LogP contribution in [0.2, 0.25) is 0 Å². The molecule has 1 aliphatic rings. The van der Waals surface area contributed by atoms with Crippen LogP contribution in [0, 0.1) is 6.92 Å². The van der Waals surface area contributed by atoms with Gasteiger partial charge in [0.25, 0.3) is 5.56 Å². The van der Waals surface area contributed by atoms with E-state index in [-0.39, 0.29) is 18.3 Å². The molecule has 0 saturated heterocycles. The minimum absolute atomic E-state index is 0.143. The highest BCUT2D eigenvalue weighted by Gasteiger charge is 2.21. The fraction of sp³-hybridized carbons (Fsp3) is 0.500. The molecule has 0 aliphatic carbocycles. The molecule has 7 heteroatoms. The number of aryl methyl sites for hydroxylation is 1. The fourth-order valence-corrected chi connectivity index (χ4v) is 1.65. The van der Waals surface area contributed by atoms with Gasteiger partial charge in [0, 0.05) is 18.2 Å². The standard InChI is InChI=1S/C10H13N3O4/c1-6-3-13(10(16)11-9(6)15)4-8-2-7(5-14)12-17-8/h3,8,14H,2,4-5H2,1H3,(H,11,15,16). The van der Waals surface area contributed by atoms with Gasteiger partial charge in [0.2, 0.25) is 0 Å². The van der Waals surface area contributed by atoms with E-state index in [0.29, 0.717) is 24.2 Å². The third kappa shape index (κ3) is 2.44. The van der Waals surface area contributed by atoms with Crippen molar-refractivity contribution in [3.63, 3.8) is 0 Å². The van der Waals surface area contributed by atoms with Gasteiger partial charge in [-0.05, 0) is 6.92 Å². The molecule has 1 aromatic heterocycles. The quantitative estimate of drug-likeness (QED) is 0.705. The number of aromatic amines is 1. The topological polar surface area (TPSA) is 96.7 Å². The van der Waals surface area contributed by atoms with Crippen LogP contribution in [0.5, 0.6) is 0 Å². The number of nitrogens with zero attached hydrogens (tertiary/aromatic N) is 2. The summed E-state index contributed by atoms with van der Waals surface area (Å²) >= 11 is 0. The monoisotopic (exact) mass is 239 g/mol. The summed E-state index contributed by atoms with van der Waals surface area (Å²) in [4.78, 5) is 29.9. The Kier molecular flexibility index (Phi) is 3.10. The molecule has 0 amide bonds. The highest BCUT2D eigenvalue weighted by molar-refractivity contribution is 5.86. The predicted octanol–water partition coefficient (Wildman–Crippen LogP) is -1.02. The van der Waals surface area contributed by atoms with Crippen molar-refractivity contribution in [2.24, 2.45) is 5.16 Å². The first-order chi connectivity index (χ1) is 8.10. The molecule has 17 heavy (non-hydrogen) atoms. The van der Waals surface area contributed by atoms with Gasteiger partial charge in [-0.1, -0.05) is 5.16 Å². The first-order valence-corrected chi connectivity index (χ1v) is 5.23. The third-order valence-electron chi connectivity index (χ3n) is 2.57. The summed E-state index contributed by atoms with van der Waals surface area (Å²) in [6, 6.07) is 0. The minimum Gasteiger partial charge on any atom is -0.390 e. The summed E-state index contributed by atoms with van der Waals surface area (Å²) in [7, 11) is 0. The molecule has 0 bridgehead atoms. The first-order valence-electron chi connectivity index (χ1n) is 5.23. The second-order valence-electron chi connectivity index (χ2n) is 3.97. The number of H-pyrrole nitrogens is 1. The molecular weight excluding hydrogens is 226 g/mol. The van der Waals surface area contributed by atoms with Gasteiger partial charge in [-0.25, -0.2) is 4.79 Å². The molecule has 2 heterocycles. The number of aromatic nitrogens is 2. The molecule has 1 atom stereocenters. The van der Waals surface area contributed by atoms with E-state index < -0.39 is 5.69 Å². The van der Waals surface area contributed by atoms with Gasteiger partial charge in [-0.2, -0.15) is 0 Å². The van der Waals surface area contributed by atoms with Gasteiger partial charge >= 0.3 is 5.69 Å². The number of rotatable bonds is 3. The van der Waals surface area contributed by atoms with Crippen LogP contribution in [0.3, 0.4) is 0 Å². The van der Waals surface area contributed by atoms with Crippen molar-refractivity contribution in [2.45, 2.75) is 26.0 Å². The summed E-state index contributed by atoms with van der Waals surface area (Å²) in [6.07, 6.45) is 1.70. The number of oxime groups is 1. The average Bonchev–Trinajstić information content (AvgIpc) is 2.73. The number of nitrogens with one attached hydrogen (secondary N) is 1. The van der Waals surface area contributed by atoms with Crippen LogP contribution in [0.1, 0.15) is 12.0 Å². The number of hydrogen-bond acceptors (Lipinski definition) is 5. The minimum atomic E-state index is -0.471. The van der Waals surface area contributed by atoms with Gasteiger partial charge in [0.05, 0.1) is 18.9 Å². The van der Waals surface area contributed by atoms with Gasteiger partial charge in [-0.3, -0.25) is 14.3 Å². The van der Waals surface area contributed by atoms with Crippen molar-refractivity contribution >= 4 is 5.71 Å². The van der Waals surface area contributed by atoms with Gasteiger partial charge in [-0.15, -0.1) is 0 Å². The molecule has 1 unspecified atom stereocenters. The molecule has 1 aromatic rings. The van der Waals surface area contributed by atoms with Crippen LogP contribution in [0.15, 0.2) is 20.9 Å². The van der Waals surface area contributed by atoms with Gasteiger partial charge in [0.15, 0.2) is 6.10 Å². The van der Waals surface area contributed by atoms with E-state index in [4.69, 9.17) is 9.94 Å². The van der Waals surface area contributed by atoms with E-state index in [1.54, 1.807) is 6.92 Å². The predicted molar refractivity (Wildman–Crippen MR) is 60.1 cm³/mol. The molecule has 1 aliphatic heterocycles. The van der Waals surface area contributed by atoms with Crippen LogP contribution < -0.4 is 11.2 Å². The van der Waals surface area contributed by atoms with Crippen molar-refractivity contribution in [3.05, 3.63) is 32.6 Å². The smallest absolute Gasteiger partial charge is 0.328 e. The van der Waals surface area contributed by atoms with Crippen molar-refractivity contribution < 1.29 is 9.94 Å². The lowest BCUT2D eigenvalue weighted by molar-refractivity contribution is 0.0713. The number of hydrogen-bond donors (Lipinski definition) is 2. The number of aliphatic hydroxyl groups is 1. The van der Waals surface area contributed by atoms with Crippen LogP contribution >= 0.6 is 0 Å². The molecular formula is C10H13N3O4. The van der Waals surface area contributed by atoms with Crippen LogP contribution in [-0.4, -0.2) is 33.1 Å². The zero-order valence-corrected chi connectivity index (χ0v) is 9.34. The Morgan fingerprint density at radius 3 is 3.06 bits per heavy atom. The van der Waals surface area contributed by atoms with E-state index >= 15 is 0 Å². The molecule has 2 N–H and O–H groups in total. The molecule has 7 nitrogen and oxygen atoms in total. The Bertz CT molecular complexity index is 557. The maximum atomic E-state index is 11.5. The Morgan fingerprint density at radius 2 is 2.41 bits per heavy atom. The summed E-state index contributed by atoms with van der Waals surface area (Å²) in [5, 5.41) is 12.5. The van der Waals surface area contributed by atoms with E-state index in [1.807, 2.05) is 0 Å². The van der Waals surface area contributed by atoms with Crippen molar-refractivity contribution in [1.82, 2.24) is 9.55 Å². The largest absolute Gasteiger partial charge is 0.390 e. The summed E-state index contributed by atoms with van der Waals surface area (Å²) in [5.74, 6) is 0. The number of aliphatic hydroxyl groups excluding tert-OH is 1. The Labute approximate surface area is 96.3 Å². The van der Waals surface area contributed by atoms with Crippen molar-refractivity contribution in [3.8, 4) is 0 Å². The first kappa shape index (κ1) is 11.6. The third-order valence-corrected chi connectivity index (χ3v) is 2.57. The van der Waals surface area contributed by atoms with E-state index in [0.717, 1.165) is 0 Å². The SMILES string of the molecule is Cc1cn(CC2CC(CO)=NO2)c(=O)[nH]c1=O. The molecule has 0 saturated carbocycles. The van der Waals surface area contributed by atoms with Gasteiger partial charge < -0.3 is 9.94 Å². The summed E-state index contributed by atoms with van der Waals surface area (Å²) in [6.45, 7) is 1.78. The van der Waals surface area contributed by atoms with Crippen molar-refractivity contribution in [1.29, 1.82) is 0 Å². The van der Waals surface area contributed by atoms with Crippen LogP contribution in [-0.2, 0) is 11.4 Å². The van der Waals surface area contributed by atoms with Crippen LogP contribution in [0.4, 0.5) is 0 Å². The lowest BCUT2D eigenvalue weighted by Gasteiger charge is -2.10. The lowest BCUT2D eigenvalue weighted by atomic mass is 10.2. The highest BCUT2D eigenvalue weighted by Crippen LogP contribution is 2.11. The van der Waals surface area contributed by atoms with Gasteiger partial charge in [0.1, 0.15) is 0 Å². The fourth-order valence-electron chi connectivity index (χ4n) is 1.65. The van der Waals surface area contributed by atoms with Crippen molar-refractivity contribution in [2.75, 3.05) is 6.61 Å². The van der Waals surface area contributed by atoms with Crippen LogP contribution in [0.25, 0.3) is 0 Å². The van der Waals surface area contributed by atoms with E-state index in [2.05, 4.69) is 10.1 Å². The maximum Gasteiger partial charge on any atom is 0.328 e. The van der Waals surface area contributed by atoms with E-state index in [1.165, 1.54) is 10.8 Å². The molecule has 0 aromatic carbocycles.